The van der Waals surface area contributed by atoms with Crippen molar-refractivity contribution in [2.45, 2.75) is 25.4 Å². The maximum absolute atomic E-state index is 12.9. The first-order valence-corrected chi connectivity index (χ1v) is 9.76. The highest BCUT2D eigenvalue weighted by Gasteiger charge is 2.31. The summed E-state index contributed by atoms with van der Waals surface area (Å²) < 4.78 is 38.7. The molecule has 1 aliphatic heterocycles. The molecule has 1 fully saturated rings. The number of hydrogen-bond acceptors (Lipinski definition) is 5. The Morgan fingerprint density at radius 1 is 1.16 bits per heavy atom. The summed E-state index contributed by atoms with van der Waals surface area (Å²) in [6, 6.07) is 8.09. The van der Waals surface area contributed by atoms with Crippen LogP contribution in [0.25, 0.3) is 0 Å². The molecular formula is C22H20F3N5O. The number of amides is 1. The van der Waals surface area contributed by atoms with E-state index in [2.05, 4.69) is 25.2 Å². The number of anilines is 2. The largest absolute Gasteiger partial charge is 0.417 e. The van der Waals surface area contributed by atoms with E-state index >= 15 is 0 Å². The van der Waals surface area contributed by atoms with Gasteiger partial charge in [-0.2, -0.15) is 13.2 Å². The Hall–Kier alpha value is -3.49. The van der Waals surface area contributed by atoms with Crippen LogP contribution in [0.3, 0.4) is 0 Å². The van der Waals surface area contributed by atoms with Crippen molar-refractivity contribution in [3.8, 4) is 0 Å². The zero-order chi connectivity index (χ0) is 22.0. The van der Waals surface area contributed by atoms with Crippen molar-refractivity contribution in [2.24, 2.45) is 0 Å². The normalized spacial score (nSPS) is 16.4. The summed E-state index contributed by atoms with van der Waals surface area (Å²) >= 11 is 0. The van der Waals surface area contributed by atoms with E-state index in [1.807, 2.05) is 25.1 Å². The lowest BCUT2D eigenvalue weighted by Gasteiger charge is -2.18. The van der Waals surface area contributed by atoms with Crippen LogP contribution in [-0.2, 0) is 6.18 Å². The first-order chi connectivity index (χ1) is 14.8. The molecule has 0 aliphatic carbocycles. The third-order valence-corrected chi connectivity index (χ3v) is 5.38. The highest BCUT2D eigenvalue weighted by molar-refractivity contribution is 6.04. The number of rotatable bonds is 4. The third kappa shape index (κ3) is 4.65. The lowest BCUT2D eigenvalue weighted by molar-refractivity contribution is -0.137. The number of aryl methyl sites for hydroxylation is 1. The molecule has 0 spiro atoms. The van der Waals surface area contributed by atoms with E-state index < -0.39 is 17.6 Å². The molecule has 1 aromatic carbocycles. The lowest BCUT2D eigenvalue weighted by atomic mass is 9.92. The van der Waals surface area contributed by atoms with Gasteiger partial charge in [0.1, 0.15) is 12.1 Å². The number of nitrogens with one attached hydrogen (secondary N) is 1. The number of alkyl halides is 3. The topological polar surface area (TPSA) is 71.0 Å². The summed E-state index contributed by atoms with van der Waals surface area (Å²) in [5.41, 5.74) is 1.58. The summed E-state index contributed by atoms with van der Waals surface area (Å²) in [4.78, 5) is 26.7. The monoisotopic (exact) mass is 427 g/mol. The van der Waals surface area contributed by atoms with Crippen LogP contribution >= 0.6 is 0 Å². The van der Waals surface area contributed by atoms with E-state index in [4.69, 9.17) is 0 Å². The number of hydrogen-bond donors (Lipinski definition) is 1. The summed E-state index contributed by atoms with van der Waals surface area (Å²) in [5, 5.41) is 2.51. The van der Waals surface area contributed by atoms with Gasteiger partial charge in [0.15, 0.2) is 0 Å². The molecule has 31 heavy (non-hydrogen) atoms. The van der Waals surface area contributed by atoms with Gasteiger partial charge in [-0.05, 0) is 48.7 Å². The van der Waals surface area contributed by atoms with Crippen molar-refractivity contribution in [3.63, 3.8) is 0 Å². The fraction of sp³-hybridized carbons (Fsp3) is 0.273. The van der Waals surface area contributed by atoms with Gasteiger partial charge < -0.3 is 10.2 Å². The highest BCUT2D eigenvalue weighted by atomic mass is 19.4. The molecule has 160 valence electrons. The van der Waals surface area contributed by atoms with Gasteiger partial charge in [0.25, 0.3) is 5.91 Å². The average molecular weight is 427 g/mol. The molecule has 9 heteroatoms. The molecule has 3 aromatic rings. The maximum atomic E-state index is 12.9. The van der Waals surface area contributed by atoms with E-state index in [0.29, 0.717) is 5.56 Å². The molecule has 4 rings (SSSR count). The molecule has 1 aliphatic rings. The van der Waals surface area contributed by atoms with Gasteiger partial charge in [-0.1, -0.05) is 6.07 Å². The molecule has 1 saturated heterocycles. The minimum Gasteiger partial charge on any atom is -0.356 e. The van der Waals surface area contributed by atoms with Crippen molar-refractivity contribution < 1.29 is 18.0 Å². The first kappa shape index (κ1) is 20.8. The third-order valence-electron chi connectivity index (χ3n) is 5.38. The fourth-order valence-corrected chi connectivity index (χ4v) is 3.78. The average Bonchev–Trinajstić information content (AvgIpc) is 3.24. The van der Waals surface area contributed by atoms with Gasteiger partial charge in [-0.25, -0.2) is 9.97 Å². The van der Waals surface area contributed by atoms with Crippen molar-refractivity contribution in [1.29, 1.82) is 0 Å². The van der Waals surface area contributed by atoms with Crippen molar-refractivity contribution in [2.75, 3.05) is 23.3 Å². The molecule has 0 radical (unpaired) electrons. The number of carbonyl (C=O) groups excluding carboxylic acids is 1. The van der Waals surface area contributed by atoms with Crippen molar-refractivity contribution in [3.05, 3.63) is 77.5 Å². The molecule has 2 aromatic heterocycles. The van der Waals surface area contributed by atoms with Crippen molar-refractivity contribution >= 4 is 17.4 Å². The fourth-order valence-electron chi connectivity index (χ4n) is 3.78. The number of aromatic nitrogens is 3. The molecule has 0 saturated carbocycles. The van der Waals surface area contributed by atoms with Gasteiger partial charge in [-0.15, -0.1) is 0 Å². The Labute approximate surface area is 177 Å². The van der Waals surface area contributed by atoms with Gasteiger partial charge >= 0.3 is 6.18 Å². The summed E-state index contributed by atoms with van der Waals surface area (Å²) in [6.07, 6.45) is 1.52. The van der Waals surface area contributed by atoms with Gasteiger partial charge in [0, 0.05) is 37.0 Å². The SMILES string of the molecule is Cc1ccc(C(=O)Nc2cncc(C(F)(F)F)c2)cc1[C@@H]1CCN(c2ccncn2)C1. The van der Waals surface area contributed by atoms with E-state index in [1.165, 1.54) is 12.5 Å². The zero-order valence-corrected chi connectivity index (χ0v) is 16.7. The summed E-state index contributed by atoms with van der Waals surface area (Å²) in [7, 11) is 0. The van der Waals surface area contributed by atoms with Gasteiger partial charge in [0.05, 0.1) is 17.4 Å². The molecule has 0 bridgehead atoms. The molecule has 3 heterocycles. The highest BCUT2D eigenvalue weighted by Crippen LogP contribution is 2.33. The second-order valence-corrected chi connectivity index (χ2v) is 7.48. The van der Waals surface area contributed by atoms with E-state index in [9.17, 15) is 18.0 Å². The second kappa shape index (κ2) is 8.33. The van der Waals surface area contributed by atoms with Crippen LogP contribution in [0.15, 0.2) is 55.2 Å². The smallest absolute Gasteiger partial charge is 0.356 e. The Morgan fingerprint density at radius 2 is 2.00 bits per heavy atom. The van der Waals surface area contributed by atoms with E-state index in [0.717, 1.165) is 48.7 Å². The molecule has 1 amide bonds. The van der Waals surface area contributed by atoms with Crippen LogP contribution in [0.5, 0.6) is 0 Å². The Morgan fingerprint density at radius 3 is 2.74 bits per heavy atom. The molecule has 0 unspecified atom stereocenters. The minimum absolute atomic E-state index is 0.00208. The van der Waals surface area contributed by atoms with Crippen LogP contribution in [0.1, 0.15) is 39.4 Å². The Balaban J connectivity index is 1.51. The second-order valence-electron chi connectivity index (χ2n) is 7.48. The van der Waals surface area contributed by atoms with Crippen LogP contribution in [0.4, 0.5) is 24.7 Å². The van der Waals surface area contributed by atoms with Gasteiger partial charge in [0.2, 0.25) is 0 Å². The van der Waals surface area contributed by atoms with E-state index in [-0.39, 0.29) is 11.6 Å². The summed E-state index contributed by atoms with van der Waals surface area (Å²) in [5.74, 6) is 0.604. The Bertz CT molecular complexity index is 1090. The predicted molar refractivity (Wildman–Crippen MR) is 110 cm³/mol. The number of benzene rings is 1. The lowest BCUT2D eigenvalue weighted by Crippen LogP contribution is -2.20. The van der Waals surface area contributed by atoms with Crippen molar-refractivity contribution in [1.82, 2.24) is 15.0 Å². The summed E-state index contributed by atoms with van der Waals surface area (Å²) in [6.45, 7) is 3.59. The molecule has 1 atom stereocenters. The standard InChI is InChI=1S/C22H20F3N5O/c1-14-2-3-15(21(31)29-18-9-17(10-27-11-18)22(23,24)25)8-19(14)16-5-7-30(12-16)20-4-6-26-13-28-20/h2-4,6,8-11,13,16H,5,7,12H2,1H3,(H,29,31)/t16-/m1/s1. The molecular weight excluding hydrogens is 407 g/mol. The zero-order valence-electron chi connectivity index (χ0n) is 16.7. The van der Waals surface area contributed by atoms with Crippen LogP contribution in [-0.4, -0.2) is 33.9 Å². The first-order valence-electron chi connectivity index (χ1n) is 9.76. The molecule has 1 N–H and O–H groups in total. The van der Waals surface area contributed by atoms with E-state index in [1.54, 1.807) is 12.3 Å². The molecule has 6 nitrogen and oxygen atoms in total. The Kier molecular flexibility index (Phi) is 5.58. The number of carbonyl (C=O) groups is 1. The van der Waals surface area contributed by atoms with Crippen LogP contribution in [0, 0.1) is 6.92 Å². The minimum atomic E-state index is -4.53. The van der Waals surface area contributed by atoms with Crippen LogP contribution in [0.2, 0.25) is 0 Å². The van der Waals surface area contributed by atoms with Gasteiger partial charge in [-0.3, -0.25) is 9.78 Å². The number of pyridine rings is 1. The quantitative estimate of drug-likeness (QED) is 0.666. The van der Waals surface area contributed by atoms with Crippen LogP contribution < -0.4 is 10.2 Å². The predicted octanol–water partition coefficient (Wildman–Crippen LogP) is 4.45. The number of halogens is 3. The number of nitrogens with zero attached hydrogens (tertiary/aromatic N) is 4. The maximum Gasteiger partial charge on any atom is 0.417 e.